The Morgan fingerprint density at radius 3 is 2.58 bits per heavy atom. The van der Waals surface area contributed by atoms with Crippen LogP contribution in [-0.4, -0.2) is 48.9 Å². The van der Waals surface area contributed by atoms with Crippen molar-refractivity contribution in [2.45, 2.75) is 45.6 Å². The summed E-state index contributed by atoms with van der Waals surface area (Å²) in [4.78, 5) is 25.8. The molecule has 108 valence electrons. The van der Waals surface area contributed by atoms with Crippen molar-refractivity contribution < 1.29 is 9.59 Å². The van der Waals surface area contributed by atoms with Gasteiger partial charge in [0.05, 0.1) is 5.41 Å². The highest BCUT2D eigenvalue weighted by Crippen LogP contribution is 2.28. The zero-order chi connectivity index (χ0) is 13.9. The number of carbonyl (C=O) groups is 2. The van der Waals surface area contributed by atoms with E-state index in [2.05, 4.69) is 17.6 Å². The average Bonchev–Trinajstić information content (AvgIpc) is 2.87. The predicted octanol–water partition coefficient (Wildman–Crippen LogP) is 0.503. The van der Waals surface area contributed by atoms with Crippen molar-refractivity contribution in [2.75, 3.05) is 26.2 Å². The van der Waals surface area contributed by atoms with Crippen LogP contribution in [0.1, 0.15) is 39.5 Å². The molecule has 0 bridgehead atoms. The van der Waals surface area contributed by atoms with E-state index in [4.69, 9.17) is 0 Å². The van der Waals surface area contributed by atoms with E-state index < -0.39 is 0 Å². The smallest absolute Gasteiger partial charge is 0.229 e. The van der Waals surface area contributed by atoms with Gasteiger partial charge in [-0.25, -0.2) is 0 Å². The second-order valence-corrected chi connectivity index (χ2v) is 5.97. The third-order valence-corrected chi connectivity index (χ3v) is 4.35. The van der Waals surface area contributed by atoms with Gasteiger partial charge < -0.3 is 15.5 Å². The minimum absolute atomic E-state index is 0.108. The molecule has 0 aromatic heterocycles. The zero-order valence-corrected chi connectivity index (χ0v) is 12.0. The molecule has 5 heteroatoms. The molecule has 2 fully saturated rings. The molecule has 0 aromatic rings. The van der Waals surface area contributed by atoms with Crippen LogP contribution in [0.15, 0.2) is 0 Å². The van der Waals surface area contributed by atoms with Gasteiger partial charge in [0, 0.05) is 32.1 Å². The highest BCUT2D eigenvalue weighted by molar-refractivity contribution is 5.83. The minimum atomic E-state index is -0.223. The monoisotopic (exact) mass is 267 g/mol. The van der Waals surface area contributed by atoms with Crippen molar-refractivity contribution in [1.82, 2.24) is 15.5 Å². The Labute approximate surface area is 115 Å². The van der Waals surface area contributed by atoms with Crippen LogP contribution in [0.5, 0.6) is 0 Å². The molecule has 0 aliphatic carbocycles. The Bertz CT molecular complexity index is 343. The molecule has 1 atom stereocenters. The molecule has 1 unspecified atom stereocenters. The molecule has 0 aromatic carbocycles. The first-order valence-corrected chi connectivity index (χ1v) is 7.34. The lowest BCUT2D eigenvalue weighted by atomic mass is 9.87. The summed E-state index contributed by atoms with van der Waals surface area (Å²) in [5.74, 6) is 0.384. The maximum atomic E-state index is 12.5. The number of nitrogens with zero attached hydrogens (tertiary/aromatic N) is 1. The van der Waals surface area contributed by atoms with E-state index >= 15 is 0 Å². The summed E-state index contributed by atoms with van der Waals surface area (Å²) >= 11 is 0. The summed E-state index contributed by atoms with van der Waals surface area (Å²) in [6.45, 7) is 7.18. The predicted molar refractivity (Wildman–Crippen MR) is 73.6 cm³/mol. The molecule has 0 spiro atoms. The molecule has 2 saturated heterocycles. The lowest BCUT2D eigenvalue weighted by molar-refractivity contribution is -0.141. The van der Waals surface area contributed by atoms with E-state index in [1.165, 1.54) is 0 Å². The Morgan fingerprint density at radius 2 is 2.05 bits per heavy atom. The topological polar surface area (TPSA) is 61.4 Å². The van der Waals surface area contributed by atoms with Crippen molar-refractivity contribution in [3.8, 4) is 0 Å². The van der Waals surface area contributed by atoms with Crippen LogP contribution >= 0.6 is 0 Å². The normalized spacial score (nSPS) is 28.4. The van der Waals surface area contributed by atoms with Crippen LogP contribution in [0, 0.1) is 5.41 Å². The second kappa shape index (κ2) is 5.90. The van der Waals surface area contributed by atoms with Gasteiger partial charge >= 0.3 is 0 Å². The number of piperidine rings is 1. The molecule has 2 rings (SSSR count). The summed E-state index contributed by atoms with van der Waals surface area (Å²) in [5, 5.41) is 6.29. The van der Waals surface area contributed by atoms with Gasteiger partial charge in [-0.05, 0) is 32.7 Å². The summed E-state index contributed by atoms with van der Waals surface area (Å²) in [6.07, 6.45) is 3.21. The molecule has 2 N–H and O–H groups in total. The van der Waals surface area contributed by atoms with Crippen LogP contribution in [0.25, 0.3) is 0 Å². The van der Waals surface area contributed by atoms with Crippen molar-refractivity contribution in [3.63, 3.8) is 0 Å². The number of amides is 2. The lowest BCUT2D eigenvalue weighted by Crippen LogP contribution is -2.50. The summed E-state index contributed by atoms with van der Waals surface area (Å²) in [6, 6.07) is 0.242. The maximum absolute atomic E-state index is 12.5. The molecular formula is C14H25N3O2. The molecule has 2 aliphatic rings. The molecule has 19 heavy (non-hydrogen) atoms. The van der Waals surface area contributed by atoms with Crippen molar-refractivity contribution in [3.05, 3.63) is 0 Å². The van der Waals surface area contributed by atoms with Gasteiger partial charge in [0.2, 0.25) is 11.8 Å². The Kier molecular flexibility index (Phi) is 4.45. The first-order valence-electron chi connectivity index (χ1n) is 7.34. The summed E-state index contributed by atoms with van der Waals surface area (Å²) in [7, 11) is 0. The quantitative estimate of drug-likeness (QED) is 0.783. The van der Waals surface area contributed by atoms with E-state index in [1.54, 1.807) is 0 Å². The van der Waals surface area contributed by atoms with Crippen LogP contribution in [0.3, 0.4) is 0 Å². The number of likely N-dealkylation sites (tertiary alicyclic amines) is 1. The van der Waals surface area contributed by atoms with E-state index in [-0.39, 0.29) is 23.3 Å². The van der Waals surface area contributed by atoms with Crippen molar-refractivity contribution in [2.24, 2.45) is 5.41 Å². The van der Waals surface area contributed by atoms with Gasteiger partial charge in [-0.15, -0.1) is 0 Å². The third kappa shape index (κ3) is 3.26. The molecule has 2 amide bonds. The van der Waals surface area contributed by atoms with E-state index in [0.717, 1.165) is 45.4 Å². The van der Waals surface area contributed by atoms with Gasteiger partial charge in [-0.1, -0.05) is 6.92 Å². The van der Waals surface area contributed by atoms with Crippen LogP contribution in [-0.2, 0) is 9.59 Å². The van der Waals surface area contributed by atoms with Gasteiger partial charge in [0.25, 0.3) is 0 Å². The highest BCUT2D eigenvalue weighted by atomic mass is 16.2. The number of carbonyl (C=O) groups excluding carboxylic acids is 2. The van der Waals surface area contributed by atoms with Crippen LogP contribution in [0.4, 0.5) is 0 Å². The first-order chi connectivity index (χ1) is 9.05. The molecule has 2 aliphatic heterocycles. The Balaban J connectivity index is 1.82. The maximum Gasteiger partial charge on any atom is 0.229 e. The number of hydrogen-bond acceptors (Lipinski definition) is 3. The standard InChI is InChI=1S/C14H25N3O2/c1-3-12(18)16-11-4-8-17(9-5-11)13(19)14(2)6-7-15-10-14/h11,15H,3-10H2,1-2H3,(H,16,18). The van der Waals surface area contributed by atoms with Crippen LogP contribution in [0.2, 0.25) is 0 Å². The minimum Gasteiger partial charge on any atom is -0.353 e. The van der Waals surface area contributed by atoms with E-state index in [0.29, 0.717) is 6.42 Å². The van der Waals surface area contributed by atoms with Crippen molar-refractivity contribution >= 4 is 11.8 Å². The van der Waals surface area contributed by atoms with E-state index in [1.807, 2.05) is 11.8 Å². The molecule has 0 radical (unpaired) electrons. The number of hydrogen-bond donors (Lipinski definition) is 2. The SMILES string of the molecule is CCC(=O)NC1CCN(C(=O)C2(C)CCNC2)CC1. The van der Waals surface area contributed by atoms with Gasteiger partial charge in [-0.2, -0.15) is 0 Å². The molecular weight excluding hydrogens is 242 g/mol. The Morgan fingerprint density at radius 1 is 1.37 bits per heavy atom. The first kappa shape index (κ1) is 14.3. The number of rotatable bonds is 3. The largest absolute Gasteiger partial charge is 0.353 e. The third-order valence-electron chi connectivity index (χ3n) is 4.35. The molecule has 2 heterocycles. The van der Waals surface area contributed by atoms with E-state index in [9.17, 15) is 9.59 Å². The van der Waals surface area contributed by atoms with Crippen LogP contribution < -0.4 is 10.6 Å². The zero-order valence-electron chi connectivity index (χ0n) is 12.0. The molecule has 0 saturated carbocycles. The highest BCUT2D eigenvalue weighted by Gasteiger charge is 2.40. The fourth-order valence-corrected chi connectivity index (χ4v) is 2.94. The van der Waals surface area contributed by atoms with Gasteiger partial charge in [-0.3, -0.25) is 9.59 Å². The van der Waals surface area contributed by atoms with Crippen molar-refractivity contribution in [1.29, 1.82) is 0 Å². The van der Waals surface area contributed by atoms with Gasteiger partial charge in [0.15, 0.2) is 0 Å². The fraction of sp³-hybridized carbons (Fsp3) is 0.857. The Hall–Kier alpha value is -1.10. The lowest BCUT2D eigenvalue weighted by Gasteiger charge is -2.36. The average molecular weight is 267 g/mol. The second-order valence-electron chi connectivity index (χ2n) is 5.97. The fourth-order valence-electron chi connectivity index (χ4n) is 2.94. The molecule has 5 nitrogen and oxygen atoms in total. The van der Waals surface area contributed by atoms with Gasteiger partial charge in [0.1, 0.15) is 0 Å². The summed E-state index contributed by atoms with van der Waals surface area (Å²) in [5.41, 5.74) is -0.223. The summed E-state index contributed by atoms with van der Waals surface area (Å²) < 4.78 is 0. The number of nitrogens with one attached hydrogen (secondary N) is 2.